The Morgan fingerprint density at radius 3 is 2.90 bits per heavy atom. The minimum Gasteiger partial charge on any atom is -0.396 e. The van der Waals surface area contributed by atoms with Crippen LogP contribution < -0.4 is 5.73 Å². The van der Waals surface area contributed by atoms with E-state index >= 15 is 0 Å². The van der Waals surface area contributed by atoms with Gasteiger partial charge in [-0.05, 0) is 6.42 Å². The highest BCUT2D eigenvalue weighted by Gasteiger charge is 2.68. The molecular formula is C12H15N5O4. The first-order chi connectivity index (χ1) is 10.1. The minimum atomic E-state index is -1.13. The van der Waals surface area contributed by atoms with E-state index in [1.165, 1.54) is 17.2 Å². The summed E-state index contributed by atoms with van der Waals surface area (Å²) in [6.45, 7) is -0.0870. The molecule has 2 fully saturated rings. The SMILES string of the molecule is Nc1ncnc2c1ncn2C1O[C@]2(C[C@@H]2CO)[C@H](O)C1O. The molecule has 0 bridgehead atoms. The van der Waals surface area contributed by atoms with Crippen LogP contribution in [-0.2, 0) is 4.74 Å². The van der Waals surface area contributed by atoms with E-state index in [1.807, 2.05) is 0 Å². The van der Waals surface area contributed by atoms with Crippen LogP contribution >= 0.6 is 0 Å². The van der Waals surface area contributed by atoms with Crippen molar-refractivity contribution >= 4 is 17.0 Å². The van der Waals surface area contributed by atoms with E-state index in [9.17, 15) is 15.3 Å². The summed E-state index contributed by atoms with van der Waals surface area (Å²) in [6, 6.07) is 0. The van der Waals surface area contributed by atoms with Gasteiger partial charge in [0.25, 0.3) is 0 Å². The molecule has 0 radical (unpaired) electrons. The molecule has 112 valence electrons. The van der Waals surface area contributed by atoms with Crippen LogP contribution in [0.3, 0.4) is 0 Å². The Morgan fingerprint density at radius 1 is 1.38 bits per heavy atom. The molecule has 2 unspecified atom stereocenters. The monoisotopic (exact) mass is 293 g/mol. The molecule has 5 atom stereocenters. The van der Waals surface area contributed by atoms with Crippen molar-refractivity contribution in [3.8, 4) is 0 Å². The lowest BCUT2D eigenvalue weighted by atomic mass is 10.1. The topological polar surface area (TPSA) is 140 Å². The van der Waals surface area contributed by atoms with Gasteiger partial charge in [-0.2, -0.15) is 0 Å². The molecule has 2 aromatic rings. The van der Waals surface area contributed by atoms with Crippen molar-refractivity contribution in [2.75, 3.05) is 12.3 Å². The quantitative estimate of drug-likeness (QED) is 0.519. The second-order valence-corrected chi connectivity index (χ2v) is 5.57. The molecule has 1 saturated carbocycles. The maximum atomic E-state index is 10.3. The first kappa shape index (κ1) is 12.9. The van der Waals surface area contributed by atoms with Crippen molar-refractivity contribution in [3.05, 3.63) is 12.7 Å². The van der Waals surface area contributed by atoms with Gasteiger partial charge < -0.3 is 25.8 Å². The zero-order chi connectivity index (χ0) is 14.8. The summed E-state index contributed by atoms with van der Waals surface area (Å²) in [5.41, 5.74) is 5.69. The van der Waals surface area contributed by atoms with E-state index in [0.29, 0.717) is 17.6 Å². The predicted molar refractivity (Wildman–Crippen MR) is 69.8 cm³/mol. The molecule has 0 aromatic carbocycles. The van der Waals surface area contributed by atoms with Gasteiger partial charge in [-0.25, -0.2) is 15.0 Å². The summed E-state index contributed by atoms with van der Waals surface area (Å²) in [4.78, 5) is 12.1. The lowest BCUT2D eigenvalue weighted by Gasteiger charge is -2.16. The Morgan fingerprint density at radius 2 is 2.19 bits per heavy atom. The van der Waals surface area contributed by atoms with Gasteiger partial charge >= 0.3 is 0 Å². The molecule has 0 amide bonds. The lowest BCUT2D eigenvalue weighted by Crippen LogP contribution is -2.34. The number of ether oxygens (including phenoxy) is 1. The number of hydrogen-bond acceptors (Lipinski definition) is 8. The molecule has 1 aliphatic heterocycles. The Hall–Kier alpha value is -1.81. The summed E-state index contributed by atoms with van der Waals surface area (Å²) in [5, 5.41) is 29.7. The van der Waals surface area contributed by atoms with E-state index in [1.54, 1.807) is 0 Å². The first-order valence-corrected chi connectivity index (χ1v) is 6.66. The maximum absolute atomic E-state index is 10.3. The predicted octanol–water partition coefficient (Wildman–Crippen LogP) is -1.59. The smallest absolute Gasteiger partial charge is 0.167 e. The third-order valence-corrected chi connectivity index (χ3v) is 4.43. The summed E-state index contributed by atoms with van der Waals surface area (Å²) < 4.78 is 7.37. The van der Waals surface area contributed by atoms with Crippen molar-refractivity contribution in [2.24, 2.45) is 5.92 Å². The van der Waals surface area contributed by atoms with Crippen LogP contribution in [0.5, 0.6) is 0 Å². The second-order valence-electron chi connectivity index (χ2n) is 5.57. The highest BCUT2D eigenvalue weighted by atomic mass is 16.6. The number of hydrogen-bond donors (Lipinski definition) is 4. The average Bonchev–Trinajstić information content (AvgIpc) is 2.94. The highest BCUT2D eigenvalue weighted by Crippen LogP contribution is 2.57. The van der Waals surface area contributed by atoms with Crippen LogP contribution in [0.4, 0.5) is 5.82 Å². The number of rotatable bonds is 2. The van der Waals surface area contributed by atoms with Gasteiger partial charge in [-0.3, -0.25) is 4.57 Å². The fourth-order valence-electron chi connectivity index (χ4n) is 3.14. The van der Waals surface area contributed by atoms with Gasteiger partial charge in [-0.15, -0.1) is 0 Å². The zero-order valence-electron chi connectivity index (χ0n) is 11.0. The van der Waals surface area contributed by atoms with Crippen LogP contribution in [0.2, 0.25) is 0 Å². The Kier molecular flexibility index (Phi) is 2.52. The number of nitrogens with two attached hydrogens (primary N) is 1. The van der Waals surface area contributed by atoms with E-state index in [2.05, 4.69) is 15.0 Å². The third-order valence-electron chi connectivity index (χ3n) is 4.43. The molecule has 2 aromatic heterocycles. The number of nitrogen functional groups attached to an aromatic ring is 1. The molecule has 3 heterocycles. The van der Waals surface area contributed by atoms with Gasteiger partial charge in [0, 0.05) is 12.5 Å². The van der Waals surface area contributed by atoms with E-state index in [0.717, 1.165) is 0 Å². The molecule has 1 saturated heterocycles. The summed E-state index contributed by atoms with van der Waals surface area (Å²) in [7, 11) is 0. The molecule has 9 nitrogen and oxygen atoms in total. The van der Waals surface area contributed by atoms with Crippen molar-refractivity contribution in [3.63, 3.8) is 0 Å². The summed E-state index contributed by atoms with van der Waals surface area (Å²) in [6.07, 6.45) is 0.257. The number of nitrogens with zero attached hydrogens (tertiary/aromatic N) is 4. The van der Waals surface area contributed by atoms with Crippen molar-refractivity contribution in [1.29, 1.82) is 0 Å². The van der Waals surface area contributed by atoms with Crippen molar-refractivity contribution in [2.45, 2.75) is 30.5 Å². The van der Waals surface area contributed by atoms with Gasteiger partial charge in [0.05, 0.1) is 6.33 Å². The largest absolute Gasteiger partial charge is 0.396 e. The summed E-state index contributed by atoms with van der Waals surface area (Å²) in [5.74, 6) is 0.0720. The fraction of sp³-hybridized carbons (Fsp3) is 0.583. The van der Waals surface area contributed by atoms with Crippen LogP contribution in [0.25, 0.3) is 11.2 Å². The number of aliphatic hydroxyl groups excluding tert-OH is 3. The Bertz CT molecular complexity index is 706. The molecule has 4 rings (SSSR count). The standard InChI is InChI=1S/C12H15N5O4/c13-9-6-10(15-3-14-9)17(4-16-6)11-7(19)8(20)12(21-11)1-5(12)2-18/h3-5,7-8,11,18-20H,1-2H2,(H2,13,14,15)/t5-,7?,8-,11?,12+/m1/s1. The molecule has 9 heteroatoms. The normalized spacial score (nSPS) is 38.4. The third kappa shape index (κ3) is 1.57. The maximum Gasteiger partial charge on any atom is 0.167 e. The number of anilines is 1. The van der Waals surface area contributed by atoms with Crippen LogP contribution in [-0.4, -0.2) is 59.3 Å². The Balaban J connectivity index is 1.75. The van der Waals surface area contributed by atoms with E-state index < -0.39 is 24.0 Å². The number of fused-ring (bicyclic) bond motifs is 1. The average molecular weight is 293 g/mol. The first-order valence-electron chi connectivity index (χ1n) is 6.66. The molecule has 2 aliphatic rings. The van der Waals surface area contributed by atoms with Gasteiger partial charge in [0.15, 0.2) is 17.7 Å². The highest BCUT2D eigenvalue weighted by molar-refractivity contribution is 5.81. The van der Waals surface area contributed by atoms with Gasteiger partial charge in [0.2, 0.25) is 0 Å². The van der Waals surface area contributed by atoms with Crippen LogP contribution in [0, 0.1) is 5.92 Å². The van der Waals surface area contributed by atoms with Crippen molar-refractivity contribution in [1.82, 2.24) is 19.5 Å². The van der Waals surface area contributed by atoms with Gasteiger partial charge in [-0.1, -0.05) is 0 Å². The van der Waals surface area contributed by atoms with Crippen LogP contribution in [0.15, 0.2) is 12.7 Å². The van der Waals surface area contributed by atoms with Crippen LogP contribution in [0.1, 0.15) is 12.6 Å². The fourth-order valence-corrected chi connectivity index (χ4v) is 3.14. The van der Waals surface area contributed by atoms with Gasteiger partial charge in [0.1, 0.15) is 29.7 Å². The number of aliphatic hydroxyl groups is 3. The molecule has 1 spiro atoms. The number of imidazole rings is 1. The van der Waals surface area contributed by atoms with Crippen molar-refractivity contribution < 1.29 is 20.1 Å². The lowest BCUT2D eigenvalue weighted by molar-refractivity contribution is -0.0563. The summed E-state index contributed by atoms with van der Waals surface area (Å²) >= 11 is 0. The van der Waals surface area contributed by atoms with E-state index in [-0.39, 0.29) is 18.3 Å². The zero-order valence-corrected chi connectivity index (χ0v) is 11.0. The Labute approximate surface area is 119 Å². The molecular weight excluding hydrogens is 278 g/mol. The molecule has 5 N–H and O–H groups in total. The minimum absolute atomic E-state index is 0.0870. The molecule has 1 aliphatic carbocycles. The number of aromatic nitrogens is 4. The molecule has 21 heavy (non-hydrogen) atoms. The second kappa shape index (κ2) is 4.10. The van der Waals surface area contributed by atoms with E-state index in [4.69, 9.17) is 10.5 Å².